The van der Waals surface area contributed by atoms with E-state index in [1.807, 2.05) is 0 Å². The molecule has 0 saturated carbocycles. The summed E-state index contributed by atoms with van der Waals surface area (Å²) in [6.07, 6.45) is 5.19. The molecule has 1 heterocycles. The zero-order chi connectivity index (χ0) is 11.8. The number of nitrogens with one attached hydrogen (secondary N) is 1. The minimum Gasteiger partial charge on any atom is -0.480 e. The summed E-state index contributed by atoms with van der Waals surface area (Å²) in [6.45, 7) is 0. The van der Waals surface area contributed by atoms with Crippen LogP contribution in [0.5, 0.6) is 0 Å². The molecule has 90 valence electrons. The highest BCUT2D eigenvalue weighted by Gasteiger charge is 2.09. The van der Waals surface area contributed by atoms with Gasteiger partial charge in [0.15, 0.2) is 5.82 Å². The lowest BCUT2D eigenvalue weighted by Crippen LogP contribution is -2.29. The van der Waals surface area contributed by atoms with E-state index in [2.05, 4.69) is 20.6 Å². The molecule has 0 aromatic carbocycles. The fourth-order valence-electron chi connectivity index (χ4n) is 1.41. The molecule has 1 aromatic heterocycles. The van der Waals surface area contributed by atoms with Crippen molar-refractivity contribution in [3.8, 4) is 0 Å². The van der Waals surface area contributed by atoms with Gasteiger partial charge in [0.25, 0.3) is 0 Å². The monoisotopic (exact) mass is 227 g/mol. The summed E-state index contributed by atoms with van der Waals surface area (Å²) < 4.78 is 0. The molecule has 0 radical (unpaired) electrons. The molecule has 4 N–H and O–H groups in total. The summed E-state index contributed by atoms with van der Waals surface area (Å²) in [7, 11) is 0. The van der Waals surface area contributed by atoms with Gasteiger partial charge in [-0.05, 0) is 12.8 Å². The zero-order valence-corrected chi connectivity index (χ0v) is 9.09. The number of carbonyl (C=O) groups is 1. The van der Waals surface area contributed by atoms with Crippen LogP contribution in [0.2, 0.25) is 0 Å². The van der Waals surface area contributed by atoms with E-state index in [4.69, 9.17) is 10.8 Å². The van der Waals surface area contributed by atoms with E-state index in [9.17, 15) is 4.79 Å². The first kappa shape index (κ1) is 12.6. The molecule has 1 aromatic rings. The SMILES string of the molecule is NC(CCCCCCc1nn[nH]n1)C(=O)O. The molecular formula is C9H17N5O2. The fraction of sp³-hybridized carbons (Fsp3) is 0.778. The molecule has 1 unspecified atom stereocenters. The Labute approximate surface area is 93.4 Å². The van der Waals surface area contributed by atoms with E-state index in [-0.39, 0.29) is 0 Å². The summed E-state index contributed by atoms with van der Waals surface area (Å²) in [5.41, 5.74) is 5.38. The van der Waals surface area contributed by atoms with Crippen molar-refractivity contribution in [2.45, 2.75) is 44.6 Å². The molecule has 0 fully saturated rings. The Morgan fingerprint density at radius 3 is 2.75 bits per heavy atom. The highest BCUT2D eigenvalue weighted by molar-refractivity contribution is 5.72. The van der Waals surface area contributed by atoms with Crippen molar-refractivity contribution in [2.75, 3.05) is 0 Å². The zero-order valence-electron chi connectivity index (χ0n) is 9.09. The Bertz CT molecular complexity index is 301. The van der Waals surface area contributed by atoms with E-state index in [1.165, 1.54) is 0 Å². The molecule has 0 spiro atoms. The topological polar surface area (TPSA) is 118 Å². The van der Waals surface area contributed by atoms with E-state index in [1.54, 1.807) is 0 Å². The summed E-state index contributed by atoms with van der Waals surface area (Å²) in [5.74, 6) is -0.200. The van der Waals surface area contributed by atoms with Gasteiger partial charge in [0.2, 0.25) is 0 Å². The van der Waals surface area contributed by atoms with Crippen LogP contribution >= 0.6 is 0 Å². The van der Waals surface area contributed by atoms with E-state index in [0.29, 0.717) is 6.42 Å². The third-order valence-corrected chi connectivity index (χ3v) is 2.37. The molecule has 7 nitrogen and oxygen atoms in total. The molecule has 0 amide bonds. The normalized spacial score (nSPS) is 12.6. The maximum atomic E-state index is 10.4. The van der Waals surface area contributed by atoms with Crippen LogP contribution in [0.15, 0.2) is 0 Å². The number of aromatic amines is 1. The Balaban J connectivity index is 1.94. The smallest absolute Gasteiger partial charge is 0.320 e. The predicted molar refractivity (Wildman–Crippen MR) is 56.6 cm³/mol. The van der Waals surface area contributed by atoms with E-state index >= 15 is 0 Å². The molecular weight excluding hydrogens is 210 g/mol. The number of H-pyrrole nitrogens is 1. The number of hydrogen-bond donors (Lipinski definition) is 3. The Morgan fingerprint density at radius 2 is 2.12 bits per heavy atom. The van der Waals surface area contributed by atoms with Crippen molar-refractivity contribution >= 4 is 5.97 Å². The number of carboxylic acid groups (broad SMARTS) is 1. The van der Waals surface area contributed by atoms with Crippen LogP contribution in [0.4, 0.5) is 0 Å². The first-order valence-electron chi connectivity index (χ1n) is 5.41. The second-order valence-corrected chi connectivity index (χ2v) is 3.73. The quantitative estimate of drug-likeness (QED) is 0.542. The van der Waals surface area contributed by atoms with Gasteiger partial charge in [0, 0.05) is 6.42 Å². The van der Waals surface area contributed by atoms with E-state index < -0.39 is 12.0 Å². The Hall–Kier alpha value is -1.50. The second kappa shape index (κ2) is 6.89. The number of aryl methyl sites for hydroxylation is 1. The van der Waals surface area contributed by atoms with Crippen molar-refractivity contribution in [3.05, 3.63) is 5.82 Å². The van der Waals surface area contributed by atoms with Gasteiger partial charge in [-0.15, -0.1) is 10.2 Å². The number of tetrazole rings is 1. The van der Waals surface area contributed by atoms with Crippen molar-refractivity contribution < 1.29 is 9.90 Å². The number of hydrogen-bond acceptors (Lipinski definition) is 5. The largest absolute Gasteiger partial charge is 0.480 e. The standard InChI is InChI=1S/C9H17N5O2/c10-7(9(15)16)5-3-1-2-4-6-8-11-13-14-12-8/h7H,1-6,10H2,(H,15,16)(H,11,12,13,14). The molecule has 1 rings (SSSR count). The van der Waals surface area contributed by atoms with Gasteiger partial charge in [0.1, 0.15) is 6.04 Å². The number of aliphatic carboxylic acids is 1. The first-order valence-corrected chi connectivity index (χ1v) is 5.41. The van der Waals surface area contributed by atoms with Gasteiger partial charge < -0.3 is 10.8 Å². The summed E-state index contributed by atoms with van der Waals surface area (Å²) in [4.78, 5) is 10.4. The maximum absolute atomic E-state index is 10.4. The van der Waals surface area contributed by atoms with Crippen LogP contribution in [0, 0.1) is 0 Å². The van der Waals surface area contributed by atoms with E-state index in [0.717, 1.165) is 37.9 Å². The van der Waals surface area contributed by atoms with Crippen molar-refractivity contribution in [1.82, 2.24) is 20.6 Å². The molecule has 0 aliphatic carbocycles. The van der Waals surface area contributed by atoms with Gasteiger partial charge in [-0.3, -0.25) is 4.79 Å². The lowest BCUT2D eigenvalue weighted by Gasteiger charge is -2.04. The highest BCUT2D eigenvalue weighted by atomic mass is 16.4. The van der Waals surface area contributed by atoms with Gasteiger partial charge in [-0.1, -0.05) is 24.5 Å². The van der Waals surface area contributed by atoms with Crippen LogP contribution in [0.3, 0.4) is 0 Å². The lowest BCUT2D eigenvalue weighted by molar-refractivity contribution is -0.138. The molecule has 16 heavy (non-hydrogen) atoms. The Kier molecular flexibility index (Phi) is 5.41. The number of nitrogens with two attached hydrogens (primary N) is 1. The van der Waals surface area contributed by atoms with Crippen molar-refractivity contribution in [2.24, 2.45) is 5.73 Å². The summed E-state index contributed by atoms with van der Waals surface area (Å²) in [6, 6.07) is -0.725. The number of unbranched alkanes of at least 4 members (excludes halogenated alkanes) is 3. The highest BCUT2D eigenvalue weighted by Crippen LogP contribution is 2.06. The third-order valence-electron chi connectivity index (χ3n) is 2.37. The lowest BCUT2D eigenvalue weighted by atomic mass is 10.1. The maximum Gasteiger partial charge on any atom is 0.320 e. The molecule has 7 heteroatoms. The third kappa shape index (κ3) is 4.83. The van der Waals surface area contributed by atoms with Crippen molar-refractivity contribution in [1.29, 1.82) is 0 Å². The average molecular weight is 227 g/mol. The first-order chi connectivity index (χ1) is 7.70. The van der Waals surface area contributed by atoms with Crippen LogP contribution in [0.1, 0.15) is 37.9 Å². The molecule has 0 bridgehead atoms. The molecule has 0 aliphatic heterocycles. The minimum atomic E-state index is -0.924. The van der Waals surface area contributed by atoms with Crippen LogP contribution < -0.4 is 5.73 Å². The predicted octanol–water partition coefficient (Wildman–Crippen LogP) is 0.105. The summed E-state index contributed by atoms with van der Waals surface area (Å²) in [5, 5.41) is 22.1. The van der Waals surface area contributed by atoms with Crippen LogP contribution in [-0.2, 0) is 11.2 Å². The van der Waals surface area contributed by atoms with Crippen LogP contribution in [-0.4, -0.2) is 37.7 Å². The van der Waals surface area contributed by atoms with Gasteiger partial charge in [-0.25, -0.2) is 0 Å². The minimum absolute atomic E-state index is 0.539. The summed E-state index contributed by atoms with van der Waals surface area (Å²) >= 11 is 0. The number of rotatable bonds is 8. The number of nitrogens with zero attached hydrogens (tertiary/aromatic N) is 3. The molecule has 0 aliphatic rings. The van der Waals surface area contributed by atoms with Gasteiger partial charge in [-0.2, -0.15) is 5.21 Å². The molecule has 1 atom stereocenters. The number of aromatic nitrogens is 4. The molecule has 0 saturated heterocycles. The number of carboxylic acids is 1. The van der Waals surface area contributed by atoms with Crippen LogP contribution in [0.25, 0.3) is 0 Å². The van der Waals surface area contributed by atoms with Gasteiger partial charge >= 0.3 is 5.97 Å². The van der Waals surface area contributed by atoms with Gasteiger partial charge in [0.05, 0.1) is 0 Å². The fourth-order valence-corrected chi connectivity index (χ4v) is 1.41. The second-order valence-electron chi connectivity index (χ2n) is 3.73. The Morgan fingerprint density at radius 1 is 1.38 bits per heavy atom. The average Bonchev–Trinajstić information content (AvgIpc) is 2.75. The van der Waals surface area contributed by atoms with Crippen molar-refractivity contribution in [3.63, 3.8) is 0 Å².